The molecule has 0 amide bonds. The number of nitrogens with one attached hydrogen (secondary N) is 2. The molecule has 1 aromatic heterocycles. The van der Waals surface area contributed by atoms with E-state index in [1.54, 1.807) is 0 Å². The molecule has 3 nitrogen and oxygen atoms in total. The average molecular weight is 243 g/mol. The molecule has 1 aliphatic carbocycles. The molecule has 2 aromatic rings. The van der Waals surface area contributed by atoms with Gasteiger partial charge in [-0.3, -0.25) is 5.10 Å². The van der Waals surface area contributed by atoms with E-state index in [0.29, 0.717) is 6.04 Å². The molecular formula is C15H21N3. The van der Waals surface area contributed by atoms with Gasteiger partial charge < -0.3 is 5.32 Å². The summed E-state index contributed by atoms with van der Waals surface area (Å²) in [4.78, 5) is 0. The molecule has 1 saturated carbocycles. The lowest BCUT2D eigenvalue weighted by Gasteiger charge is -2.30. The van der Waals surface area contributed by atoms with Crippen molar-refractivity contribution in [2.45, 2.75) is 45.1 Å². The molecule has 18 heavy (non-hydrogen) atoms. The summed E-state index contributed by atoms with van der Waals surface area (Å²) >= 11 is 0. The maximum atomic E-state index is 4.12. The first-order chi connectivity index (χ1) is 8.86. The van der Waals surface area contributed by atoms with E-state index >= 15 is 0 Å². The highest BCUT2D eigenvalue weighted by molar-refractivity contribution is 5.90. The largest absolute Gasteiger partial charge is 0.382 e. The fraction of sp³-hybridized carbons (Fsp3) is 0.533. The summed E-state index contributed by atoms with van der Waals surface area (Å²) < 4.78 is 0. The van der Waals surface area contributed by atoms with Gasteiger partial charge >= 0.3 is 0 Å². The number of benzene rings is 1. The van der Waals surface area contributed by atoms with Crippen LogP contribution < -0.4 is 5.32 Å². The normalized spacial score (nSPS) is 24.3. The van der Waals surface area contributed by atoms with E-state index in [4.69, 9.17) is 0 Å². The third-order valence-electron chi connectivity index (χ3n) is 4.20. The Balaban J connectivity index is 1.77. The van der Waals surface area contributed by atoms with Gasteiger partial charge in [0.2, 0.25) is 0 Å². The SMILES string of the molecule is CCC1CCCC(Nc2cccc3[nH]ncc23)C1. The van der Waals surface area contributed by atoms with Crippen LogP contribution in [0.25, 0.3) is 10.9 Å². The Bertz CT molecular complexity index is 517. The smallest absolute Gasteiger partial charge is 0.0671 e. The first-order valence-electron chi connectivity index (χ1n) is 7.05. The summed E-state index contributed by atoms with van der Waals surface area (Å²) in [5.74, 6) is 0.903. The van der Waals surface area contributed by atoms with Crippen molar-refractivity contribution in [3.63, 3.8) is 0 Å². The average Bonchev–Trinajstić information content (AvgIpc) is 2.88. The Labute approximate surface area is 108 Å². The fourth-order valence-electron chi connectivity index (χ4n) is 3.11. The van der Waals surface area contributed by atoms with E-state index in [-0.39, 0.29) is 0 Å². The number of nitrogens with zero attached hydrogens (tertiary/aromatic N) is 1. The molecule has 2 N–H and O–H groups in total. The van der Waals surface area contributed by atoms with Crippen molar-refractivity contribution in [1.82, 2.24) is 10.2 Å². The topological polar surface area (TPSA) is 40.7 Å². The number of rotatable bonds is 3. The summed E-state index contributed by atoms with van der Waals surface area (Å²) in [5, 5.41) is 12.1. The predicted octanol–water partition coefficient (Wildman–Crippen LogP) is 3.94. The zero-order valence-electron chi connectivity index (χ0n) is 10.9. The molecule has 1 heterocycles. The van der Waals surface area contributed by atoms with Gasteiger partial charge in [-0.15, -0.1) is 0 Å². The van der Waals surface area contributed by atoms with Gasteiger partial charge in [-0.2, -0.15) is 5.10 Å². The zero-order chi connectivity index (χ0) is 12.4. The Kier molecular flexibility index (Phi) is 3.22. The second-order valence-corrected chi connectivity index (χ2v) is 5.42. The third-order valence-corrected chi connectivity index (χ3v) is 4.20. The Hall–Kier alpha value is -1.51. The van der Waals surface area contributed by atoms with Crippen LogP contribution in [0.1, 0.15) is 39.0 Å². The summed E-state index contributed by atoms with van der Waals surface area (Å²) in [5.41, 5.74) is 2.34. The van der Waals surface area contributed by atoms with Crippen LogP contribution in [0.2, 0.25) is 0 Å². The van der Waals surface area contributed by atoms with Crippen LogP contribution in [0.3, 0.4) is 0 Å². The van der Waals surface area contributed by atoms with Gasteiger partial charge in [0.05, 0.1) is 11.7 Å². The molecule has 0 saturated heterocycles. The standard InChI is InChI=1S/C15H21N3/c1-2-11-5-3-6-12(9-11)17-14-7-4-8-15-13(14)10-16-18-15/h4,7-8,10-12,17H,2-3,5-6,9H2,1H3,(H,16,18). The molecular weight excluding hydrogens is 222 g/mol. The van der Waals surface area contributed by atoms with Gasteiger partial charge in [0.15, 0.2) is 0 Å². The van der Waals surface area contributed by atoms with E-state index in [1.807, 2.05) is 6.20 Å². The first-order valence-corrected chi connectivity index (χ1v) is 7.05. The highest BCUT2D eigenvalue weighted by atomic mass is 15.1. The molecule has 0 aliphatic heterocycles. The van der Waals surface area contributed by atoms with Crippen LogP contribution in [0.4, 0.5) is 5.69 Å². The third kappa shape index (κ3) is 2.22. The van der Waals surface area contributed by atoms with Crippen molar-refractivity contribution in [3.8, 4) is 0 Å². The van der Waals surface area contributed by atoms with E-state index < -0.39 is 0 Å². The van der Waals surface area contributed by atoms with Gasteiger partial charge in [-0.1, -0.05) is 32.3 Å². The number of hydrogen-bond acceptors (Lipinski definition) is 2. The summed E-state index contributed by atoms with van der Waals surface area (Å²) in [7, 11) is 0. The van der Waals surface area contributed by atoms with Gasteiger partial charge in [-0.05, 0) is 30.9 Å². The number of hydrogen-bond donors (Lipinski definition) is 2. The van der Waals surface area contributed by atoms with E-state index in [9.17, 15) is 0 Å². The van der Waals surface area contributed by atoms with Gasteiger partial charge in [-0.25, -0.2) is 0 Å². The molecule has 2 atom stereocenters. The predicted molar refractivity (Wildman–Crippen MR) is 75.8 cm³/mol. The van der Waals surface area contributed by atoms with Crippen molar-refractivity contribution in [1.29, 1.82) is 0 Å². The maximum absolute atomic E-state index is 4.12. The number of aromatic amines is 1. The summed E-state index contributed by atoms with van der Waals surface area (Å²) in [6.07, 6.45) is 8.60. The minimum absolute atomic E-state index is 0.629. The fourth-order valence-corrected chi connectivity index (χ4v) is 3.11. The lowest BCUT2D eigenvalue weighted by molar-refractivity contribution is 0.327. The highest BCUT2D eigenvalue weighted by Gasteiger charge is 2.20. The van der Waals surface area contributed by atoms with Crippen LogP contribution in [0, 0.1) is 5.92 Å². The van der Waals surface area contributed by atoms with E-state index in [2.05, 4.69) is 40.6 Å². The van der Waals surface area contributed by atoms with Crippen LogP contribution in [0.5, 0.6) is 0 Å². The molecule has 0 radical (unpaired) electrons. The van der Waals surface area contributed by atoms with Crippen LogP contribution in [0.15, 0.2) is 24.4 Å². The van der Waals surface area contributed by atoms with Gasteiger partial charge in [0.25, 0.3) is 0 Å². The monoisotopic (exact) mass is 243 g/mol. The van der Waals surface area contributed by atoms with E-state index in [1.165, 1.54) is 43.2 Å². The minimum Gasteiger partial charge on any atom is -0.382 e. The molecule has 1 aromatic carbocycles. The quantitative estimate of drug-likeness (QED) is 0.857. The molecule has 3 rings (SSSR count). The summed E-state index contributed by atoms with van der Waals surface area (Å²) in [6.45, 7) is 2.31. The van der Waals surface area contributed by atoms with Crippen molar-refractivity contribution in [2.24, 2.45) is 5.92 Å². The Morgan fingerprint density at radius 2 is 2.33 bits per heavy atom. The highest BCUT2D eigenvalue weighted by Crippen LogP contribution is 2.30. The van der Waals surface area contributed by atoms with Crippen LogP contribution >= 0.6 is 0 Å². The maximum Gasteiger partial charge on any atom is 0.0671 e. The number of fused-ring (bicyclic) bond motifs is 1. The lowest BCUT2D eigenvalue weighted by atomic mass is 9.84. The van der Waals surface area contributed by atoms with Gasteiger partial charge in [0.1, 0.15) is 0 Å². The van der Waals surface area contributed by atoms with Crippen LogP contribution in [-0.4, -0.2) is 16.2 Å². The van der Waals surface area contributed by atoms with Crippen molar-refractivity contribution >= 4 is 16.6 Å². The van der Waals surface area contributed by atoms with Crippen molar-refractivity contribution < 1.29 is 0 Å². The number of aromatic nitrogens is 2. The van der Waals surface area contributed by atoms with Crippen LogP contribution in [-0.2, 0) is 0 Å². The van der Waals surface area contributed by atoms with Gasteiger partial charge in [0, 0.05) is 17.1 Å². The molecule has 0 spiro atoms. The molecule has 1 fully saturated rings. The van der Waals surface area contributed by atoms with E-state index in [0.717, 1.165) is 11.4 Å². The number of anilines is 1. The van der Waals surface area contributed by atoms with Crippen molar-refractivity contribution in [2.75, 3.05) is 5.32 Å². The molecule has 0 bridgehead atoms. The zero-order valence-corrected chi connectivity index (χ0v) is 10.9. The van der Waals surface area contributed by atoms with Crippen molar-refractivity contribution in [3.05, 3.63) is 24.4 Å². The molecule has 1 aliphatic rings. The lowest BCUT2D eigenvalue weighted by Crippen LogP contribution is -2.27. The number of H-pyrrole nitrogens is 1. The minimum atomic E-state index is 0.629. The second-order valence-electron chi connectivity index (χ2n) is 5.42. The molecule has 96 valence electrons. The second kappa shape index (κ2) is 5.01. The Morgan fingerprint density at radius 3 is 3.22 bits per heavy atom. The molecule has 3 heteroatoms. The Morgan fingerprint density at radius 1 is 1.39 bits per heavy atom. The summed E-state index contributed by atoms with van der Waals surface area (Å²) in [6, 6.07) is 6.95. The first kappa shape index (κ1) is 11.6. The molecule has 2 unspecified atom stereocenters.